The van der Waals surface area contributed by atoms with Gasteiger partial charge in [-0.3, -0.25) is 10.1 Å². The molecule has 0 unspecified atom stereocenters. The van der Waals surface area contributed by atoms with Crippen LogP contribution in [0.2, 0.25) is 0 Å². The number of nitrogens with one attached hydrogen (secondary N) is 1. The molecule has 0 saturated carbocycles. The molecule has 2 aromatic carbocycles. The van der Waals surface area contributed by atoms with Crippen molar-refractivity contribution in [2.24, 2.45) is 10.2 Å². The summed E-state index contributed by atoms with van der Waals surface area (Å²) in [5.41, 5.74) is 3.17. The van der Waals surface area contributed by atoms with Gasteiger partial charge in [-0.2, -0.15) is 5.10 Å². The molecule has 0 aliphatic carbocycles. The highest BCUT2D eigenvalue weighted by molar-refractivity contribution is 8.18. The lowest BCUT2D eigenvalue weighted by Crippen LogP contribution is -2.19. The Balaban J connectivity index is 1.66. The number of hydrogen-bond acceptors (Lipinski definition) is 5. The first kappa shape index (κ1) is 18.9. The number of carbonyl (C=O) groups excluding carboxylic acids is 1. The third-order valence-electron chi connectivity index (χ3n) is 4.02. The normalized spacial score (nSPS) is 17.3. The van der Waals surface area contributed by atoms with Gasteiger partial charge in [-0.05, 0) is 52.6 Å². The maximum Gasteiger partial charge on any atom is 0.264 e. The van der Waals surface area contributed by atoms with E-state index in [1.54, 1.807) is 13.3 Å². The van der Waals surface area contributed by atoms with Crippen LogP contribution in [0.25, 0.3) is 6.08 Å². The Morgan fingerprint density at radius 2 is 1.70 bits per heavy atom. The van der Waals surface area contributed by atoms with Crippen molar-refractivity contribution < 1.29 is 9.53 Å². The summed E-state index contributed by atoms with van der Waals surface area (Å²) in [5.74, 6) is 1.10. The van der Waals surface area contributed by atoms with Crippen LogP contribution in [-0.2, 0) is 4.79 Å². The minimum Gasteiger partial charge on any atom is -0.497 e. The fraction of sp³-hybridized carbons (Fsp3) is 0.190. The van der Waals surface area contributed by atoms with Crippen LogP contribution in [-0.4, -0.2) is 24.4 Å². The molecule has 27 heavy (non-hydrogen) atoms. The molecule has 1 N–H and O–H groups in total. The number of amides is 1. The van der Waals surface area contributed by atoms with E-state index in [4.69, 9.17) is 4.74 Å². The maximum atomic E-state index is 12.1. The number of methoxy groups -OCH3 is 1. The molecule has 1 saturated heterocycles. The van der Waals surface area contributed by atoms with Gasteiger partial charge in [0.05, 0.1) is 18.2 Å². The lowest BCUT2D eigenvalue weighted by molar-refractivity contribution is -0.115. The fourth-order valence-corrected chi connectivity index (χ4v) is 3.22. The van der Waals surface area contributed by atoms with Gasteiger partial charge in [0.2, 0.25) is 0 Å². The largest absolute Gasteiger partial charge is 0.497 e. The summed E-state index contributed by atoms with van der Waals surface area (Å²) in [6, 6.07) is 15.7. The highest BCUT2D eigenvalue weighted by atomic mass is 32.2. The number of amidine groups is 1. The van der Waals surface area contributed by atoms with Crippen LogP contribution >= 0.6 is 11.8 Å². The van der Waals surface area contributed by atoms with E-state index < -0.39 is 0 Å². The lowest BCUT2D eigenvalue weighted by atomic mass is 10.0. The summed E-state index contributed by atoms with van der Waals surface area (Å²) in [6.07, 6.45) is 3.49. The molecule has 6 heteroatoms. The van der Waals surface area contributed by atoms with Crippen LogP contribution in [0.4, 0.5) is 0 Å². The lowest BCUT2D eigenvalue weighted by Gasteiger charge is -2.03. The molecule has 2 aromatic rings. The van der Waals surface area contributed by atoms with Gasteiger partial charge in [0.15, 0.2) is 5.17 Å². The molecule has 0 atom stereocenters. The van der Waals surface area contributed by atoms with E-state index in [2.05, 4.69) is 41.5 Å². The van der Waals surface area contributed by atoms with Crippen LogP contribution < -0.4 is 10.1 Å². The second kappa shape index (κ2) is 8.68. The summed E-state index contributed by atoms with van der Waals surface area (Å²) in [4.78, 5) is 12.7. The average molecular weight is 379 g/mol. The van der Waals surface area contributed by atoms with Crippen LogP contribution in [0.5, 0.6) is 5.75 Å². The second-order valence-corrected chi connectivity index (χ2v) is 7.34. The Bertz CT molecular complexity index is 898. The zero-order chi connectivity index (χ0) is 19.2. The summed E-state index contributed by atoms with van der Waals surface area (Å²) in [7, 11) is 1.62. The molecular formula is C21H21N3O2S. The Labute approximate surface area is 163 Å². The summed E-state index contributed by atoms with van der Waals surface area (Å²) in [6.45, 7) is 4.32. The third kappa shape index (κ3) is 5.08. The number of hydrogen-bond donors (Lipinski definition) is 1. The number of ether oxygens (including phenoxy) is 1. The zero-order valence-electron chi connectivity index (χ0n) is 15.5. The van der Waals surface area contributed by atoms with Crippen molar-refractivity contribution >= 4 is 35.1 Å². The number of benzene rings is 2. The SMILES string of the molecule is COc1ccc(/C=C2\SC(=NN=Cc3ccc(C(C)C)cc3)NC2=O)cc1. The molecular weight excluding hydrogens is 358 g/mol. The van der Waals surface area contributed by atoms with Gasteiger partial charge in [0.25, 0.3) is 5.91 Å². The molecule has 0 bridgehead atoms. The summed E-state index contributed by atoms with van der Waals surface area (Å²) < 4.78 is 5.14. The number of thioether (sulfide) groups is 1. The molecule has 1 heterocycles. The Kier molecular flexibility index (Phi) is 6.08. The highest BCUT2D eigenvalue weighted by Gasteiger charge is 2.23. The van der Waals surface area contributed by atoms with Gasteiger partial charge >= 0.3 is 0 Å². The summed E-state index contributed by atoms with van der Waals surface area (Å²) in [5, 5.41) is 11.4. The monoisotopic (exact) mass is 379 g/mol. The van der Waals surface area contributed by atoms with Crippen molar-refractivity contribution in [2.45, 2.75) is 19.8 Å². The smallest absolute Gasteiger partial charge is 0.264 e. The Hall–Kier alpha value is -2.86. The molecule has 5 nitrogen and oxygen atoms in total. The van der Waals surface area contributed by atoms with Gasteiger partial charge in [-0.1, -0.05) is 50.2 Å². The predicted octanol–water partition coefficient (Wildman–Crippen LogP) is 4.41. The van der Waals surface area contributed by atoms with Crippen molar-refractivity contribution in [1.82, 2.24) is 5.32 Å². The van der Waals surface area contributed by atoms with Crippen LogP contribution in [0, 0.1) is 0 Å². The van der Waals surface area contributed by atoms with E-state index in [0.717, 1.165) is 16.9 Å². The first-order valence-corrected chi connectivity index (χ1v) is 9.43. The number of nitrogens with zero attached hydrogens (tertiary/aromatic N) is 2. The molecule has 1 fully saturated rings. The molecule has 138 valence electrons. The average Bonchev–Trinajstić information content (AvgIpc) is 3.02. The van der Waals surface area contributed by atoms with Crippen molar-refractivity contribution in [3.63, 3.8) is 0 Å². The fourth-order valence-electron chi connectivity index (χ4n) is 2.44. The van der Waals surface area contributed by atoms with E-state index in [1.807, 2.05) is 42.5 Å². The topological polar surface area (TPSA) is 63.1 Å². The molecule has 1 amide bonds. The molecule has 3 rings (SSSR count). The second-order valence-electron chi connectivity index (χ2n) is 6.31. The van der Waals surface area contributed by atoms with E-state index in [9.17, 15) is 4.79 Å². The van der Waals surface area contributed by atoms with Crippen molar-refractivity contribution in [2.75, 3.05) is 7.11 Å². The van der Waals surface area contributed by atoms with E-state index in [-0.39, 0.29) is 5.91 Å². The minimum atomic E-state index is -0.175. The third-order valence-corrected chi connectivity index (χ3v) is 4.92. The molecule has 0 aromatic heterocycles. The molecule has 0 spiro atoms. The Morgan fingerprint density at radius 3 is 2.33 bits per heavy atom. The zero-order valence-corrected chi connectivity index (χ0v) is 16.3. The first-order chi connectivity index (χ1) is 13.0. The molecule has 1 aliphatic rings. The predicted molar refractivity (Wildman–Crippen MR) is 112 cm³/mol. The van der Waals surface area contributed by atoms with Gasteiger partial charge < -0.3 is 4.74 Å². The van der Waals surface area contributed by atoms with Crippen molar-refractivity contribution in [3.8, 4) is 5.75 Å². The van der Waals surface area contributed by atoms with E-state index in [0.29, 0.717) is 16.0 Å². The number of rotatable bonds is 5. The highest BCUT2D eigenvalue weighted by Crippen LogP contribution is 2.26. The van der Waals surface area contributed by atoms with Crippen LogP contribution in [0.15, 0.2) is 63.6 Å². The van der Waals surface area contributed by atoms with Gasteiger partial charge in [-0.15, -0.1) is 5.10 Å². The van der Waals surface area contributed by atoms with Crippen LogP contribution in [0.1, 0.15) is 36.5 Å². The quantitative estimate of drug-likeness (QED) is 0.475. The van der Waals surface area contributed by atoms with Crippen LogP contribution in [0.3, 0.4) is 0 Å². The maximum absolute atomic E-state index is 12.1. The summed E-state index contributed by atoms with van der Waals surface area (Å²) >= 11 is 1.27. The van der Waals surface area contributed by atoms with Crippen molar-refractivity contribution in [3.05, 3.63) is 70.1 Å². The van der Waals surface area contributed by atoms with E-state index in [1.165, 1.54) is 17.3 Å². The van der Waals surface area contributed by atoms with Crippen molar-refractivity contribution in [1.29, 1.82) is 0 Å². The standard InChI is InChI=1S/C21H21N3O2S/c1-14(2)17-8-4-16(5-9-17)13-22-24-21-23-20(25)19(27-21)12-15-6-10-18(26-3)11-7-15/h4-14H,1-3H3,(H,23,24,25)/b19-12-,22-13?. The van der Waals surface area contributed by atoms with E-state index >= 15 is 0 Å². The molecule has 1 aliphatic heterocycles. The van der Waals surface area contributed by atoms with Gasteiger partial charge in [0, 0.05) is 0 Å². The molecule has 0 radical (unpaired) electrons. The number of carbonyl (C=O) groups is 1. The Morgan fingerprint density at radius 1 is 1.04 bits per heavy atom. The first-order valence-electron chi connectivity index (χ1n) is 8.61. The minimum absolute atomic E-state index is 0.175. The van der Waals surface area contributed by atoms with Gasteiger partial charge in [0.1, 0.15) is 5.75 Å². The van der Waals surface area contributed by atoms with Gasteiger partial charge in [-0.25, -0.2) is 0 Å².